The Bertz CT molecular complexity index is 717. The van der Waals surface area contributed by atoms with Crippen molar-refractivity contribution in [2.45, 2.75) is 51.5 Å². The third-order valence-electron chi connectivity index (χ3n) is 4.75. The van der Waals surface area contributed by atoms with Crippen LogP contribution >= 0.6 is 0 Å². The summed E-state index contributed by atoms with van der Waals surface area (Å²) in [5.41, 5.74) is 1.07. The lowest BCUT2D eigenvalue weighted by Crippen LogP contribution is -2.32. The van der Waals surface area contributed by atoms with E-state index in [2.05, 4.69) is 20.6 Å². The Morgan fingerprint density at radius 3 is 3.04 bits per heavy atom. The van der Waals surface area contributed by atoms with E-state index in [1.807, 2.05) is 26.1 Å². The zero-order valence-corrected chi connectivity index (χ0v) is 15.8. The van der Waals surface area contributed by atoms with E-state index >= 15 is 0 Å². The van der Waals surface area contributed by atoms with Crippen LogP contribution in [-0.4, -0.2) is 57.4 Å². The minimum atomic E-state index is 0.0222. The number of hydrogen-bond acceptors (Lipinski definition) is 6. The van der Waals surface area contributed by atoms with Gasteiger partial charge in [-0.3, -0.25) is 9.48 Å². The number of aromatic nitrogens is 4. The lowest BCUT2D eigenvalue weighted by atomic mass is 9.97. The van der Waals surface area contributed by atoms with Crippen LogP contribution in [0.3, 0.4) is 0 Å². The summed E-state index contributed by atoms with van der Waals surface area (Å²) in [5.74, 6) is 1.96. The second kappa shape index (κ2) is 8.44. The summed E-state index contributed by atoms with van der Waals surface area (Å²) >= 11 is 0. The topological polar surface area (TPSA) is 89.1 Å². The van der Waals surface area contributed by atoms with Gasteiger partial charge in [-0.05, 0) is 25.5 Å². The Hall–Kier alpha value is -2.22. The maximum absolute atomic E-state index is 12.4. The minimum Gasteiger partial charge on any atom is -0.344 e. The number of carbonyl (C=O) groups excluding carboxylic acids is 1. The van der Waals surface area contributed by atoms with Crippen LogP contribution in [0, 0.1) is 0 Å². The van der Waals surface area contributed by atoms with Gasteiger partial charge in [0.1, 0.15) is 6.54 Å². The maximum Gasteiger partial charge on any atom is 0.244 e. The van der Waals surface area contributed by atoms with Gasteiger partial charge < -0.3 is 14.7 Å². The first-order valence-corrected chi connectivity index (χ1v) is 9.33. The Balaban J connectivity index is 1.48. The molecule has 3 rings (SSSR count). The van der Waals surface area contributed by atoms with Crippen molar-refractivity contribution in [1.82, 2.24) is 30.1 Å². The standard InChI is InChI=1S/C18H28N6O2/c1-13(2)18-20-16(22-26-18)7-9-23(3)17(25)12-24-10-6-15(21-24)14-5-4-8-19-11-14/h6,10,13-14,19H,4-5,7-9,11-12H2,1-3H3/t14-/m0/s1. The molecule has 142 valence electrons. The van der Waals surface area contributed by atoms with Gasteiger partial charge in [-0.25, -0.2) is 0 Å². The van der Waals surface area contributed by atoms with Crippen molar-refractivity contribution < 1.29 is 9.32 Å². The SMILES string of the molecule is CC(C)c1nc(CCN(C)C(=O)Cn2ccc([C@H]3CCCNC3)n2)no1. The highest BCUT2D eigenvalue weighted by molar-refractivity contribution is 5.75. The molecule has 0 saturated carbocycles. The first-order valence-electron chi connectivity index (χ1n) is 9.33. The lowest BCUT2D eigenvalue weighted by molar-refractivity contribution is -0.130. The van der Waals surface area contributed by atoms with Gasteiger partial charge in [0, 0.05) is 44.6 Å². The van der Waals surface area contributed by atoms with Crippen molar-refractivity contribution in [1.29, 1.82) is 0 Å². The highest BCUT2D eigenvalue weighted by Crippen LogP contribution is 2.21. The van der Waals surface area contributed by atoms with E-state index in [-0.39, 0.29) is 18.4 Å². The van der Waals surface area contributed by atoms with Gasteiger partial charge in [-0.1, -0.05) is 19.0 Å². The van der Waals surface area contributed by atoms with E-state index in [0.29, 0.717) is 30.6 Å². The Kier molecular flexibility index (Phi) is 6.03. The molecule has 1 aliphatic rings. The number of rotatable bonds is 7. The van der Waals surface area contributed by atoms with Gasteiger partial charge in [-0.2, -0.15) is 10.1 Å². The van der Waals surface area contributed by atoms with Gasteiger partial charge in [0.25, 0.3) is 0 Å². The molecule has 2 aromatic heterocycles. The molecule has 1 saturated heterocycles. The molecule has 1 fully saturated rings. The van der Waals surface area contributed by atoms with E-state index in [1.54, 1.807) is 16.6 Å². The summed E-state index contributed by atoms with van der Waals surface area (Å²) in [6, 6.07) is 2.03. The molecule has 0 spiro atoms. The molecule has 1 atom stereocenters. The van der Waals surface area contributed by atoms with Crippen LogP contribution in [0.1, 0.15) is 55.9 Å². The highest BCUT2D eigenvalue weighted by Gasteiger charge is 2.19. The van der Waals surface area contributed by atoms with Crippen molar-refractivity contribution in [2.75, 3.05) is 26.7 Å². The smallest absolute Gasteiger partial charge is 0.244 e. The van der Waals surface area contributed by atoms with Crippen LogP contribution in [0.2, 0.25) is 0 Å². The van der Waals surface area contributed by atoms with E-state index in [4.69, 9.17) is 4.52 Å². The van der Waals surface area contributed by atoms with E-state index in [1.165, 1.54) is 6.42 Å². The van der Waals surface area contributed by atoms with Crippen molar-refractivity contribution in [2.24, 2.45) is 0 Å². The number of hydrogen-bond donors (Lipinski definition) is 1. The molecule has 1 aliphatic heterocycles. The molecule has 8 heteroatoms. The van der Waals surface area contributed by atoms with Crippen LogP contribution in [-0.2, 0) is 17.8 Å². The molecule has 0 aliphatic carbocycles. The van der Waals surface area contributed by atoms with Crippen LogP contribution < -0.4 is 5.32 Å². The molecule has 0 aromatic carbocycles. The van der Waals surface area contributed by atoms with Gasteiger partial charge in [0.2, 0.25) is 11.8 Å². The van der Waals surface area contributed by atoms with Crippen molar-refractivity contribution in [3.63, 3.8) is 0 Å². The average Bonchev–Trinajstić information content (AvgIpc) is 3.30. The number of piperidine rings is 1. The van der Waals surface area contributed by atoms with Gasteiger partial charge in [0.05, 0.1) is 5.69 Å². The number of carbonyl (C=O) groups is 1. The first-order chi connectivity index (χ1) is 12.5. The number of nitrogens with one attached hydrogen (secondary N) is 1. The summed E-state index contributed by atoms with van der Waals surface area (Å²) in [7, 11) is 1.79. The van der Waals surface area contributed by atoms with Gasteiger partial charge >= 0.3 is 0 Å². The van der Waals surface area contributed by atoms with Crippen LogP contribution in [0.5, 0.6) is 0 Å². The molecule has 0 bridgehead atoms. The highest BCUT2D eigenvalue weighted by atomic mass is 16.5. The lowest BCUT2D eigenvalue weighted by Gasteiger charge is -2.20. The van der Waals surface area contributed by atoms with E-state index in [9.17, 15) is 4.79 Å². The minimum absolute atomic E-state index is 0.0222. The summed E-state index contributed by atoms with van der Waals surface area (Å²) < 4.78 is 6.92. The summed E-state index contributed by atoms with van der Waals surface area (Å²) in [4.78, 5) is 18.5. The molecule has 2 aromatic rings. The fraction of sp³-hybridized carbons (Fsp3) is 0.667. The molecule has 8 nitrogen and oxygen atoms in total. The van der Waals surface area contributed by atoms with Crippen LogP contribution in [0.15, 0.2) is 16.8 Å². The molecule has 3 heterocycles. The summed E-state index contributed by atoms with van der Waals surface area (Å²) in [6.07, 6.45) is 4.80. The monoisotopic (exact) mass is 360 g/mol. The quantitative estimate of drug-likeness (QED) is 0.806. The molecular formula is C18H28N6O2. The Morgan fingerprint density at radius 2 is 2.35 bits per heavy atom. The van der Waals surface area contributed by atoms with Crippen LogP contribution in [0.25, 0.3) is 0 Å². The Morgan fingerprint density at radius 1 is 1.50 bits per heavy atom. The van der Waals surface area contributed by atoms with Crippen LogP contribution in [0.4, 0.5) is 0 Å². The van der Waals surface area contributed by atoms with Crippen molar-refractivity contribution in [3.05, 3.63) is 29.7 Å². The fourth-order valence-corrected chi connectivity index (χ4v) is 3.04. The maximum atomic E-state index is 12.4. The van der Waals surface area contributed by atoms with Gasteiger partial charge in [-0.15, -0.1) is 0 Å². The first kappa shape index (κ1) is 18.6. The largest absolute Gasteiger partial charge is 0.344 e. The number of nitrogens with zero attached hydrogens (tertiary/aromatic N) is 5. The predicted octanol–water partition coefficient (Wildman–Crippen LogP) is 1.56. The third kappa shape index (κ3) is 4.69. The summed E-state index contributed by atoms with van der Waals surface area (Å²) in [6.45, 7) is 6.87. The molecule has 0 unspecified atom stereocenters. The van der Waals surface area contributed by atoms with Gasteiger partial charge in [0.15, 0.2) is 5.82 Å². The average molecular weight is 360 g/mol. The second-order valence-corrected chi connectivity index (χ2v) is 7.25. The fourth-order valence-electron chi connectivity index (χ4n) is 3.04. The Labute approximate surface area is 153 Å². The van der Waals surface area contributed by atoms with E-state index in [0.717, 1.165) is 25.2 Å². The molecule has 0 radical (unpaired) electrons. The van der Waals surface area contributed by atoms with Crippen molar-refractivity contribution in [3.8, 4) is 0 Å². The van der Waals surface area contributed by atoms with E-state index < -0.39 is 0 Å². The number of amides is 1. The molecular weight excluding hydrogens is 332 g/mol. The summed E-state index contributed by atoms with van der Waals surface area (Å²) in [5, 5.41) is 11.9. The third-order valence-corrected chi connectivity index (χ3v) is 4.75. The second-order valence-electron chi connectivity index (χ2n) is 7.25. The van der Waals surface area contributed by atoms with Crippen molar-refractivity contribution >= 4 is 5.91 Å². The zero-order valence-electron chi connectivity index (χ0n) is 15.8. The molecule has 1 amide bonds. The molecule has 1 N–H and O–H groups in total. The normalized spacial score (nSPS) is 17.6. The molecule has 26 heavy (non-hydrogen) atoms. The zero-order chi connectivity index (χ0) is 18.5. The predicted molar refractivity (Wildman–Crippen MR) is 96.8 cm³/mol. The number of likely N-dealkylation sites (N-methyl/N-ethyl adjacent to an activating group) is 1.